The zero-order valence-electron chi connectivity index (χ0n) is 7.66. The van der Waals surface area contributed by atoms with E-state index in [1.54, 1.807) is 6.08 Å². The molecule has 0 saturated carbocycles. The van der Waals surface area contributed by atoms with Gasteiger partial charge in [-0.3, -0.25) is 4.79 Å². The molecule has 0 radical (unpaired) electrons. The van der Waals surface area contributed by atoms with E-state index in [1.165, 1.54) is 6.08 Å². The Kier molecular flexibility index (Phi) is 3.41. The molecule has 0 aliphatic carbocycles. The Bertz CT molecular complexity index is 329. The number of rotatable bonds is 3. The number of carbonyl (C=O) groups excluding carboxylic acids is 1. The molecule has 0 aliphatic heterocycles. The fourth-order valence-electron chi connectivity index (χ4n) is 1.02. The van der Waals surface area contributed by atoms with Crippen molar-refractivity contribution in [1.29, 1.82) is 0 Å². The highest BCUT2D eigenvalue weighted by Gasteiger charge is 1.93. The van der Waals surface area contributed by atoms with Crippen LogP contribution in [0.1, 0.15) is 11.1 Å². The molecule has 13 heavy (non-hydrogen) atoms. The van der Waals surface area contributed by atoms with Crippen LogP contribution in [0.3, 0.4) is 0 Å². The first kappa shape index (κ1) is 9.68. The molecular weight excluding hydrogens is 162 g/mol. The van der Waals surface area contributed by atoms with Crippen LogP contribution in [-0.4, -0.2) is 12.3 Å². The van der Waals surface area contributed by atoms with Crippen molar-refractivity contribution in [2.45, 2.75) is 6.92 Å². The van der Waals surface area contributed by atoms with Gasteiger partial charge in [-0.05, 0) is 24.1 Å². The summed E-state index contributed by atoms with van der Waals surface area (Å²) in [7, 11) is 0. The molecule has 0 saturated heterocycles. The van der Waals surface area contributed by atoms with E-state index in [2.05, 4.69) is 0 Å². The Morgan fingerprint density at radius 2 is 2.15 bits per heavy atom. The Morgan fingerprint density at radius 3 is 2.77 bits per heavy atom. The quantitative estimate of drug-likeness (QED) is 0.708. The van der Waals surface area contributed by atoms with Crippen molar-refractivity contribution in [2.75, 3.05) is 6.54 Å². The van der Waals surface area contributed by atoms with E-state index in [0.717, 1.165) is 11.1 Å². The highest BCUT2D eigenvalue weighted by atomic mass is 16.1. The average Bonchev–Trinajstić information content (AvgIpc) is 2.16. The fraction of sp³-hybridized carbons (Fsp3) is 0.182. The molecule has 0 aliphatic rings. The predicted molar refractivity (Wildman–Crippen MR) is 54.3 cm³/mol. The molecular formula is C11H13NO. The third-order valence-corrected chi connectivity index (χ3v) is 1.84. The highest BCUT2D eigenvalue weighted by Crippen LogP contribution is 2.08. The van der Waals surface area contributed by atoms with Crippen LogP contribution in [0.2, 0.25) is 0 Å². The first-order valence-corrected chi connectivity index (χ1v) is 4.20. The molecule has 0 aromatic heterocycles. The van der Waals surface area contributed by atoms with Crippen molar-refractivity contribution in [1.82, 2.24) is 0 Å². The van der Waals surface area contributed by atoms with Gasteiger partial charge in [0.25, 0.3) is 0 Å². The molecule has 2 nitrogen and oxygen atoms in total. The van der Waals surface area contributed by atoms with Gasteiger partial charge >= 0.3 is 0 Å². The zero-order valence-corrected chi connectivity index (χ0v) is 7.66. The maximum absolute atomic E-state index is 10.9. The number of hydrogen-bond acceptors (Lipinski definition) is 2. The molecule has 1 aromatic rings. The van der Waals surface area contributed by atoms with Gasteiger partial charge in [0.2, 0.25) is 0 Å². The van der Waals surface area contributed by atoms with E-state index in [9.17, 15) is 4.79 Å². The van der Waals surface area contributed by atoms with E-state index < -0.39 is 0 Å². The standard InChI is InChI=1S/C11H13NO/c1-9-4-2-3-5-10(9)6-7-11(13)8-12/h2-7H,8,12H2,1H3/b7-6+. The number of ketones is 1. The molecule has 0 amide bonds. The monoisotopic (exact) mass is 175 g/mol. The second-order valence-electron chi connectivity index (χ2n) is 2.86. The van der Waals surface area contributed by atoms with Gasteiger partial charge in [-0.2, -0.15) is 0 Å². The zero-order chi connectivity index (χ0) is 9.68. The van der Waals surface area contributed by atoms with E-state index in [1.807, 2.05) is 31.2 Å². The first-order chi connectivity index (χ1) is 6.24. The largest absolute Gasteiger partial charge is 0.324 e. The fourth-order valence-corrected chi connectivity index (χ4v) is 1.02. The van der Waals surface area contributed by atoms with Gasteiger partial charge in [0.1, 0.15) is 0 Å². The normalized spacial score (nSPS) is 10.6. The molecule has 0 fully saturated rings. The number of nitrogens with two attached hydrogens (primary N) is 1. The van der Waals surface area contributed by atoms with Gasteiger partial charge in [-0.15, -0.1) is 0 Å². The molecule has 68 valence electrons. The second kappa shape index (κ2) is 4.58. The molecule has 1 rings (SSSR count). The smallest absolute Gasteiger partial charge is 0.169 e. The van der Waals surface area contributed by atoms with Crippen molar-refractivity contribution in [3.63, 3.8) is 0 Å². The summed E-state index contributed by atoms with van der Waals surface area (Å²) < 4.78 is 0. The molecule has 0 spiro atoms. The van der Waals surface area contributed by atoms with E-state index in [0.29, 0.717) is 0 Å². The van der Waals surface area contributed by atoms with Crippen LogP contribution >= 0.6 is 0 Å². The van der Waals surface area contributed by atoms with E-state index in [4.69, 9.17) is 5.73 Å². The van der Waals surface area contributed by atoms with Crippen molar-refractivity contribution >= 4 is 11.9 Å². The predicted octanol–water partition coefficient (Wildman–Crippen LogP) is 1.54. The third kappa shape index (κ3) is 2.84. The van der Waals surface area contributed by atoms with Gasteiger partial charge in [0.05, 0.1) is 6.54 Å². The molecule has 0 unspecified atom stereocenters. The topological polar surface area (TPSA) is 43.1 Å². The lowest BCUT2D eigenvalue weighted by atomic mass is 10.1. The minimum absolute atomic E-state index is 0.0525. The summed E-state index contributed by atoms with van der Waals surface area (Å²) in [5.74, 6) is -0.0525. The molecule has 1 aromatic carbocycles. The number of carbonyl (C=O) groups is 1. The summed E-state index contributed by atoms with van der Waals surface area (Å²) in [6.45, 7) is 2.08. The average molecular weight is 175 g/mol. The van der Waals surface area contributed by atoms with Crippen LogP contribution in [0.5, 0.6) is 0 Å². The summed E-state index contributed by atoms with van der Waals surface area (Å²) in [5, 5.41) is 0. The lowest BCUT2D eigenvalue weighted by molar-refractivity contribution is -0.113. The van der Waals surface area contributed by atoms with E-state index >= 15 is 0 Å². The van der Waals surface area contributed by atoms with Crippen LogP contribution in [-0.2, 0) is 4.79 Å². The van der Waals surface area contributed by atoms with Crippen LogP contribution in [0.25, 0.3) is 6.08 Å². The van der Waals surface area contributed by atoms with Gasteiger partial charge in [0.15, 0.2) is 5.78 Å². The van der Waals surface area contributed by atoms with Crippen LogP contribution in [0, 0.1) is 6.92 Å². The van der Waals surface area contributed by atoms with Crippen molar-refractivity contribution in [3.05, 3.63) is 41.5 Å². The van der Waals surface area contributed by atoms with Crippen molar-refractivity contribution < 1.29 is 4.79 Å². The number of hydrogen-bond donors (Lipinski definition) is 1. The summed E-state index contributed by atoms with van der Waals surface area (Å²) in [6.07, 6.45) is 3.31. The maximum atomic E-state index is 10.9. The minimum atomic E-state index is -0.0525. The third-order valence-electron chi connectivity index (χ3n) is 1.84. The Balaban J connectivity index is 2.80. The minimum Gasteiger partial charge on any atom is -0.324 e. The Hall–Kier alpha value is -1.41. The molecule has 0 bridgehead atoms. The lowest BCUT2D eigenvalue weighted by Gasteiger charge is -1.97. The van der Waals surface area contributed by atoms with Crippen molar-refractivity contribution in [3.8, 4) is 0 Å². The Morgan fingerprint density at radius 1 is 1.46 bits per heavy atom. The highest BCUT2D eigenvalue weighted by molar-refractivity contribution is 5.95. The molecule has 2 N–H and O–H groups in total. The van der Waals surface area contributed by atoms with Gasteiger partial charge in [0, 0.05) is 0 Å². The summed E-state index contributed by atoms with van der Waals surface area (Å²) >= 11 is 0. The van der Waals surface area contributed by atoms with Gasteiger partial charge in [-0.25, -0.2) is 0 Å². The Labute approximate surface area is 78.1 Å². The maximum Gasteiger partial charge on any atom is 0.169 e. The molecule has 2 heteroatoms. The number of aryl methyl sites for hydroxylation is 1. The number of benzene rings is 1. The lowest BCUT2D eigenvalue weighted by Crippen LogP contribution is -2.09. The summed E-state index contributed by atoms with van der Waals surface area (Å²) in [4.78, 5) is 10.9. The molecule has 0 heterocycles. The summed E-state index contributed by atoms with van der Waals surface area (Å²) in [5.41, 5.74) is 7.39. The van der Waals surface area contributed by atoms with Crippen LogP contribution < -0.4 is 5.73 Å². The van der Waals surface area contributed by atoms with Crippen LogP contribution in [0.15, 0.2) is 30.3 Å². The van der Waals surface area contributed by atoms with E-state index in [-0.39, 0.29) is 12.3 Å². The summed E-state index contributed by atoms with van der Waals surface area (Å²) in [6, 6.07) is 7.89. The second-order valence-corrected chi connectivity index (χ2v) is 2.86. The van der Waals surface area contributed by atoms with Crippen LogP contribution in [0.4, 0.5) is 0 Å². The first-order valence-electron chi connectivity index (χ1n) is 4.20. The van der Waals surface area contributed by atoms with Crippen molar-refractivity contribution in [2.24, 2.45) is 5.73 Å². The van der Waals surface area contributed by atoms with Gasteiger partial charge in [-0.1, -0.05) is 30.3 Å². The SMILES string of the molecule is Cc1ccccc1/C=C/C(=O)CN. The van der Waals surface area contributed by atoms with Gasteiger partial charge < -0.3 is 5.73 Å². The molecule has 0 atom stereocenters.